The Hall–Kier alpha value is -2.86. The van der Waals surface area contributed by atoms with Crippen LogP contribution in [0.1, 0.15) is 23.1 Å². The number of aryl methyl sites for hydroxylation is 2. The van der Waals surface area contributed by atoms with Gasteiger partial charge in [-0.05, 0) is 41.7 Å². The molecule has 2 heterocycles. The van der Waals surface area contributed by atoms with E-state index in [1.807, 2.05) is 29.3 Å². The number of hydrogen-bond acceptors (Lipinski definition) is 4. The highest BCUT2D eigenvalue weighted by atomic mass is 35.5. The van der Waals surface area contributed by atoms with Gasteiger partial charge in [-0.1, -0.05) is 48.0 Å². The third-order valence-electron chi connectivity index (χ3n) is 5.90. The smallest absolute Gasteiger partial charge is 0.263 e. The molecule has 3 aromatic rings. The first-order valence-corrected chi connectivity index (χ1v) is 9.68. The van der Waals surface area contributed by atoms with E-state index in [1.54, 1.807) is 18.7 Å². The van der Waals surface area contributed by atoms with E-state index in [4.69, 9.17) is 16.7 Å². The molecular formula is C21H20ClN5O. The van der Waals surface area contributed by atoms with E-state index in [9.17, 15) is 4.79 Å². The van der Waals surface area contributed by atoms with Gasteiger partial charge in [0.2, 0.25) is 5.95 Å². The molecule has 7 heteroatoms. The quantitative estimate of drug-likeness (QED) is 0.672. The van der Waals surface area contributed by atoms with Crippen molar-refractivity contribution in [2.75, 3.05) is 11.6 Å². The fourth-order valence-electron chi connectivity index (χ4n) is 4.51. The maximum Gasteiger partial charge on any atom is 0.346 e. The molecule has 1 spiro atoms. The Morgan fingerprint density at radius 3 is 2.54 bits per heavy atom. The minimum Gasteiger partial charge on any atom is -0.263 e. The molecule has 0 fully saturated rings. The van der Waals surface area contributed by atoms with Gasteiger partial charge < -0.3 is 0 Å². The molecule has 1 aromatic heterocycles. The predicted octanol–water partition coefficient (Wildman–Crippen LogP) is 2.88. The summed E-state index contributed by atoms with van der Waals surface area (Å²) >= 11 is 6.12. The van der Waals surface area contributed by atoms with Gasteiger partial charge >= 0.3 is 5.69 Å². The van der Waals surface area contributed by atoms with Crippen molar-refractivity contribution in [2.45, 2.75) is 18.3 Å². The molecular weight excluding hydrogens is 374 g/mol. The van der Waals surface area contributed by atoms with Crippen molar-refractivity contribution in [3.8, 4) is 0 Å². The summed E-state index contributed by atoms with van der Waals surface area (Å²) in [6, 6.07) is 16.4. The van der Waals surface area contributed by atoms with Crippen LogP contribution in [-0.4, -0.2) is 26.6 Å². The second-order valence-corrected chi connectivity index (χ2v) is 7.95. The maximum absolute atomic E-state index is 12.2. The molecule has 6 nitrogen and oxygen atoms in total. The molecule has 1 aliphatic heterocycles. The summed E-state index contributed by atoms with van der Waals surface area (Å²) in [5.74, 6) is 0.556. The fraction of sp³-hybridized carbons (Fsp3) is 0.286. The van der Waals surface area contributed by atoms with Crippen molar-refractivity contribution in [2.24, 2.45) is 19.2 Å². The summed E-state index contributed by atoms with van der Waals surface area (Å²) in [7, 11) is 3.39. The summed E-state index contributed by atoms with van der Waals surface area (Å²) in [6.45, 7) is 0.659. The summed E-state index contributed by atoms with van der Waals surface area (Å²) < 4.78 is 2.89. The number of aromatic nitrogens is 3. The van der Waals surface area contributed by atoms with Gasteiger partial charge in [0.05, 0.1) is 17.7 Å². The molecule has 0 saturated carbocycles. The van der Waals surface area contributed by atoms with Crippen molar-refractivity contribution >= 4 is 23.3 Å². The van der Waals surface area contributed by atoms with Gasteiger partial charge in [0.1, 0.15) is 0 Å². The Morgan fingerprint density at radius 2 is 1.82 bits per heavy atom. The average Bonchev–Trinajstić information content (AvgIpc) is 3.35. The SMILES string of the molecule is Cn1nc(N2C[C@@]3(CCc4ccccc43)C(c3ccc(Cl)cc3)=N2)n(C)c1=O. The van der Waals surface area contributed by atoms with Crippen molar-refractivity contribution < 1.29 is 0 Å². The molecule has 0 unspecified atom stereocenters. The van der Waals surface area contributed by atoms with Gasteiger partial charge in [-0.25, -0.2) is 14.5 Å². The summed E-state index contributed by atoms with van der Waals surface area (Å²) in [6.07, 6.45) is 1.99. The molecule has 5 rings (SSSR count). The Morgan fingerprint density at radius 1 is 1.07 bits per heavy atom. The fourth-order valence-corrected chi connectivity index (χ4v) is 4.64. The number of fused-ring (bicyclic) bond motifs is 2. The van der Waals surface area contributed by atoms with Gasteiger partial charge in [0.25, 0.3) is 0 Å². The zero-order chi connectivity index (χ0) is 19.5. The van der Waals surface area contributed by atoms with Crippen molar-refractivity contribution in [1.29, 1.82) is 0 Å². The van der Waals surface area contributed by atoms with E-state index in [2.05, 4.69) is 29.4 Å². The Labute approximate surface area is 167 Å². The zero-order valence-electron chi connectivity index (χ0n) is 15.8. The summed E-state index contributed by atoms with van der Waals surface area (Å²) in [4.78, 5) is 12.2. The van der Waals surface area contributed by atoms with Gasteiger partial charge in [-0.3, -0.25) is 4.57 Å². The Bertz CT molecular complexity index is 1160. The topological polar surface area (TPSA) is 55.4 Å². The van der Waals surface area contributed by atoms with E-state index in [0.29, 0.717) is 17.5 Å². The number of hydrazone groups is 1. The number of hydrogen-bond donors (Lipinski definition) is 0. The molecule has 1 aliphatic carbocycles. The van der Waals surface area contributed by atoms with Crippen LogP contribution in [-0.2, 0) is 25.9 Å². The van der Waals surface area contributed by atoms with Crippen LogP contribution in [0.15, 0.2) is 58.4 Å². The first-order chi connectivity index (χ1) is 13.5. The molecule has 28 heavy (non-hydrogen) atoms. The molecule has 0 bridgehead atoms. The van der Waals surface area contributed by atoms with E-state index in [0.717, 1.165) is 24.1 Å². The van der Waals surface area contributed by atoms with E-state index >= 15 is 0 Å². The first kappa shape index (κ1) is 17.3. The Kier molecular flexibility index (Phi) is 3.74. The lowest BCUT2D eigenvalue weighted by Gasteiger charge is -2.27. The lowest BCUT2D eigenvalue weighted by molar-refractivity contribution is 0.582. The largest absolute Gasteiger partial charge is 0.346 e. The van der Waals surface area contributed by atoms with Crippen LogP contribution in [0, 0.1) is 0 Å². The number of rotatable bonds is 2. The Balaban J connectivity index is 1.69. The molecule has 0 radical (unpaired) electrons. The standard InChI is InChI=1S/C21H20ClN5O/c1-25-19(24-26(2)20(25)28)27-13-21(12-11-14-5-3-4-6-17(14)21)18(23-27)15-7-9-16(22)10-8-15/h3-10H,11-13H2,1-2H3/t21-/m1/s1. The number of benzene rings is 2. The van der Waals surface area contributed by atoms with Crippen LogP contribution in [0.2, 0.25) is 5.02 Å². The minimum atomic E-state index is -0.224. The number of nitrogens with zero attached hydrogens (tertiary/aromatic N) is 5. The number of halogens is 1. The van der Waals surface area contributed by atoms with Crippen molar-refractivity contribution in [1.82, 2.24) is 14.3 Å². The monoisotopic (exact) mass is 393 g/mol. The van der Waals surface area contributed by atoms with Crippen LogP contribution in [0.5, 0.6) is 0 Å². The van der Waals surface area contributed by atoms with Gasteiger partial charge in [0.15, 0.2) is 0 Å². The highest BCUT2D eigenvalue weighted by Crippen LogP contribution is 2.46. The highest BCUT2D eigenvalue weighted by molar-refractivity contribution is 6.30. The second-order valence-electron chi connectivity index (χ2n) is 7.52. The third kappa shape index (κ3) is 2.37. The van der Waals surface area contributed by atoms with Crippen LogP contribution >= 0.6 is 11.6 Å². The average molecular weight is 394 g/mol. The minimum absolute atomic E-state index is 0.161. The van der Waals surface area contributed by atoms with E-state index < -0.39 is 0 Å². The van der Waals surface area contributed by atoms with Crippen molar-refractivity contribution in [3.05, 3.63) is 80.7 Å². The molecule has 2 aliphatic rings. The lowest BCUT2D eigenvalue weighted by atomic mass is 9.75. The molecule has 1 atom stereocenters. The van der Waals surface area contributed by atoms with Gasteiger partial charge in [0, 0.05) is 19.1 Å². The van der Waals surface area contributed by atoms with E-state index in [1.165, 1.54) is 15.8 Å². The van der Waals surface area contributed by atoms with Crippen LogP contribution in [0.25, 0.3) is 0 Å². The van der Waals surface area contributed by atoms with Gasteiger partial charge in [-0.2, -0.15) is 5.10 Å². The molecule has 0 saturated heterocycles. The molecule has 142 valence electrons. The molecule has 2 aromatic carbocycles. The number of anilines is 1. The highest BCUT2D eigenvalue weighted by Gasteiger charge is 2.49. The molecule has 0 amide bonds. The summed E-state index contributed by atoms with van der Waals surface area (Å²) in [5, 5.41) is 12.0. The van der Waals surface area contributed by atoms with Crippen LogP contribution in [0.4, 0.5) is 5.95 Å². The van der Waals surface area contributed by atoms with Crippen LogP contribution < -0.4 is 10.7 Å². The summed E-state index contributed by atoms with van der Waals surface area (Å²) in [5.41, 5.74) is 4.34. The van der Waals surface area contributed by atoms with Gasteiger partial charge in [-0.15, -0.1) is 5.10 Å². The second kappa shape index (κ2) is 6.07. The maximum atomic E-state index is 12.2. The van der Waals surface area contributed by atoms with Crippen molar-refractivity contribution in [3.63, 3.8) is 0 Å². The molecule has 0 N–H and O–H groups in total. The van der Waals surface area contributed by atoms with Crippen LogP contribution in [0.3, 0.4) is 0 Å². The third-order valence-corrected chi connectivity index (χ3v) is 6.15. The lowest BCUT2D eigenvalue weighted by Crippen LogP contribution is -2.37. The first-order valence-electron chi connectivity index (χ1n) is 9.30. The normalized spacial score (nSPS) is 20.7. The predicted molar refractivity (Wildman–Crippen MR) is 110 cm³/mol. The van der Waals surface area contributed by atoms with E-state index in [-0.39, 0.29) is 11.1 Å². The zero-order valence-corrected chi connectivity index (χ0v) is 16.5.